The van der Waals surface area contributed by atoms with Crippen molar-refractivity contribution in [1.29, 1.82) is 0 Å². The first-order valence-corrected chi connectivity index (χ1v) is 4.31. The van der Waals surface area contributed by atoms with E-state index in [1.807, 2.05) is 33.9 Å². The molecule has 10 heteroatoms. The Bertz CT molecular complexity index is 82.0. The van der Waals surface area contributed by atoms with Crippen molar-refractivity contribution in [2.45, 2.75) is 0 Å². The predicted octanol–water partition coefficient (Wildman–Crippen LogP) is 0.226. The Hall–Kier alpha value is -0.808. The van der Waals surface area contributed by atoms with Crippen molar-refractivity contribution < 1.29 is 54.9 Å². The van der Waals surface area contributed by atoms with Crippen molar-refractivity contribution >= 4 is 42.5 Å². The van der Waals surface area contributed by atoms with E-state index in [9.17, 15) is 0 Å². The Balaban J connectivity index is -0.0000000189. The fraction of sp³-hybridized carbons (Fsp3) is 0.375. The Morgan fingerprint density at radius 3 is 0.667 bits per heavy atom. The number of hydrogen-bond acceptors (Lipinski definition) is 8. The maximum atomic E-state index is 8.00. The Labute approximate surface area is 119 Å². The molecule has 0 N–H and O–H groups in total. The van der Waals surface area contributed by atoms with Gasteiger partial charge in [-0.05, 0) is 0 Å². The fourth-order valence-electron chi connectivity index (χ4n) is 0.224. The van der Waals surface area contributed by atoms with Crippen molar-refractivity contribution in [3.8, 4) is 0 Å². The van der Waals surface area contributed by atoms with Gasteiger partial charge in [0.2, 0.25) is 0 Å². The van der Waals surface area contributed by atoms with Crippen LogP contribution in [0.15, 0.2) is 0 Å². The summed E-state index contributed by atoms with van der Waals surface area (Å²) >= 11 is 0. The first kappa shape index (κ1) is 43.4. The smallest absolute Gasteiger partial charge is 0.316 e. The van der Waals surface area contributed by atoms with Crippen LogP contribution in [0.5, 0.6) is 0 Å². The van der Waals surface area contributed by atoms with Crippen molar-refractivity contribution in [2.24, 2.45) is 0 Å². The van der Waals surface area contributed by atoms with Crippen LogP contribution in [-0.2, 0) is 54.9 Å². The molecule has 0 saturated heterocycles. The normalized spacial score (nSPS) is 5.11. The molecule has 0 aromatic rings. The van der Waals surface area contributed by atoms with Gasteiger partial charge in [-0.1, -0.05) is 0 Å². The standard InChI is InChI=1S/C3H9O3P.5CH2O.Cr/c1-4-7(5-2)6-3;5*1-2;/h1-3H3;5*1H2;. The molecule has 0 rings (SSSR count). The first-order valence-electron chi connectivity index (χ1n) is 3.22. The number of hydrogen-bond donors (Lipinski definition) is 0. The summed E-state index contributed by atoms with van der Waals surface area (Å²) in [6, 6.07) is 0. The molecule has 0 amide bonds. The molecule has 0 atom stereocenters. The van der Waals surface area contributed by atoms with Crippen LogP contribution in [0.25, 0.3) is 0 Å². The number of carbonyl (C=O) groups excluding carboxylic acids is 5. The van der Waals surface area contributed by atoms with Gasteiger partial charge in [0.25, 0.3) is 0 Å². The topological polar surface area (TPSA) is 113 Å². The van der Waals surface area contributed by atoms with E-state index in [4.69, 9.17) is 24.0 Å². The van der Waals surface area contributed by atoms with Crippen LogP contribution in [-0.4, -0.2) is 55.3 Å². The second-order valence-corrected chi connectivity index (χ2v) is 2.31. The van der Waals surface area contributed by atoms with Gasteiger partial charge in [0.1, 0.15) is 33.9 Å². The summed E-state index contributed by atoms with van der Waals surface area (Å²) in [6.07, 6.45) is 0. The molecule has 0 saturated carbocycles. The van der Waals surface area contributed by atoms with Crippen LogP contribution in [0.1, 0.15) is 0 Å². The van der Waals surface area contributed by atoms with Crippen LogP contribution in [0, 0.1) is 0 Å². The summed E-state index contributed by atoms with van der Waals surface area (Å²) in [6.45, 7) is 10.0. The van der Waals surface area contributed by atoms with E-state index >= 15 is 0 Å². The summed E-state index contributed by atoms with van der Waals surface area (Å²) < 4.78 is 14.0. The quantitative estimate of drug-likeness (QED) is 0.677. The predicted molar refractivity (Wildman–Crippen MR) is 63.6 cm³/mol. The van der Waals surface area contributed by atoms with Gasteiger partial charge in [-0.3, -0.25) is 0 Å². The molecule has 110 valence electrons. The van der Waals surface area contributed by atoms with Crippen molar-refractivity contribution in [3.05, 3.63) is 0 Å². The minimum Gasteiger partial charge on any atom is -0.316 e. The van der Waals surface area contributed by atoms with Crippen LogP contribution >= 0.6 is 8.60 Å². The molecule has 8 nitrogen and oxygen atoms in total. The Morgan fingerprint density at radius 1 is 0.556 bits per heavy atom. The van der Waals surface area contributed by atoms with Gasteiger partial charge in [0.15, 0.2) is 0 Å². The monoisotopic (exact) mass is 326 g/mol. The maximum absolute atomic E-state index is 8.00. The molecule has 0 fully saturated rings. The van der Waals surface area contributed by atoms with E-state index in [1.165, 1.54) is 0 Å². The average Bonchev–Trinajstić information content (AvgIpc) is 2.51. The van der Waals surface area contributed by atoms with Crippen LogP contribution in [0.2, 0.25) is 0 Å². The van der Waals surface area contributed by atoms with Crippen LogP contribution < -0.4 is 0 Å². The van der Waals surface area contributed by atoms with Gasteiger partial charge < -0.3 is 37.5 Å². The first-order chi connectivity index (χ1) is 8.35. The van der Waals surface area contributed by atoms with Crippen molar-refractivity contribution in [2.75, 3.05) is 21.3 Å². The third kappa shape index (κ3) is 114. The largest absolute Gasteiger partial charge is 0.331 e. The third-order valence-corrected chi connectivity index (χ3v) is 1.34. The molecule has 0 spiro atoms. The van der Waals surface area contributed by atoms with Gasteiger partial charge in [0.05, 0.1) is 0 Å². The van der Waals surface area contributed by atoms with Crippen LogP contribution in [0.3, 0.4) is 0 Å². The molecular formula is C8H19CrO8P. The van der Waals surface area contributed by atoms with Gasteiger partial charge in [-0.2, -0.15) is 0 Å². The molecule has 0 unspecified atom stereocenters. The zero-order valence-electron chi connectivity index (χ0n) is 10.7. The molecule has 0 aromatic carbocycles. The molecule has 0 aliphatic heterocycles. The Kier molecular flexibility index (Phi) is 334. The summed E-state index contributed by atoms with van der Waals surface area (Å²) in [4.78, 5) is 40.0. The summed E-state index contributed by atoms with van der Waals surface area (Å²) in [5.74, 6) is 0. The molecule has 18 heavy (non-hydrogen) atoms. The summed E-state index contributed by atoms with van der Waals surface area (Å²) in [5, 5.41) is 0. The maximum Gasteiger partial charge on any atom is 0.331 e. The zero-order valence-corrected chi connectivity index (χ0v) is 12.8. The zero-order chi connectivity index (χ0) is 15.7. The van der Waals surface area contributed by atoms with Gasteiger partial charge >= 0.3 is 8.60 Å². The minimum absolute atomic E-state index is 0. The minimum atomic E-state index is -1.05. The van der Waals surface area contributed by atoms with Crippen molar-refractivity contribution in [1.82, 2.24) is 0 Å². The molecule has 0 bridgehead atoms. The van der Waals surface area contributed by atoms with Gasteiger partial charge in [-0.25, -0.2) is 0 Å². The molecule has 0 aliphatic carbocycles. The molecule has 0 heterocycles. The second kappa shape index (κ2) is 139. The Morgan fingerprint density at radius 2 is 0.667 bits per heavy atom. The number of rotatable bonds is 3. The van der Waals surface area contributed by atoms with E-state index in [-0.39, 0.29) is 17.4 Å². The molecule has 0 aliphatic rings. The van der Waals surface area contributed by atoms with E-state index in [1.54, 1.807) is 21.3 Å². The second-order valence-electron chi connectivity index (χ2n) is 0.771. The average molecular weight is 326 g/mol. The molecular weight excluding hydrogens is 307 g/mol. The SMILES string of the molecule is C=O.C=O.C=O.C=O.C=O.COP(OC)OC.[Cr]. The van der Waals surface area contributed by atoms with Gasteiger partial charge in [-0.15, -0.1) is 0 Å². The van der Waals surface area contributed by atoms with Crippen LogP contribution in [0.4, 0.5) is 0 Å². The number of carbonyl (C=O) groups is 5. The van der Waals surface area contributed by atoms with Gasteiger partial charge in [0, 0.05) is 38.7 Å². The third-order valence-electron chi connectivity index (χ3n) is 0.447. The van der Waals surface area contributed by atoms with E-state index in [0.717, 1.165) is 0 Å². The van der Waals surface area contributed by atoms with Crippen molar-refractivity contribution in [3.63, 3.8) is 0 Å². The van der Waals surface area contributed by atoms with E-state index in [0.29, 0.717) is 0 Å². The summed E-state index contributed by atoms with van der Waals surface area (Å²) in [5.41, 5.74) is 0. The van der Waals surface area contributed by atoms with E-state index in [2.05, 4.69) is 13.6 Å². The fourth-order valence-corrected chi connectivity index (χ4v) is 0.671. The summed E-state index contributed by atoms with van der Waals surface area (Å²) in [7, 11) is 3.57. The molecule has 0 radical (unpaired) electrons. The molecule has 0 aromatic heterocycles. The van der Waals surface area contributed by atoms with E-state index < -0.39 is 8.60 Å².